The van der Waals surface area contributed by atoms with Gasteiger partial charge in [0.05, 0.1) is 0 Å². The number of benzene rings is 1. The van der Waals surface area contributed by atoms with E-state index in [2.05, 4.69) is 21.8 Å². The molecule has 4 nitrogen and oxygen atoms in total. The lowest BCUT2D eigenvalue weighted by Gasteiger charge is -2.10. The molecule has 0 fully saturated rings. The van der Waals surface area contributed by atoms with Gasteiger partial charge >= 0.3 is 0 Å². The Morgan fingerprint density at radius 3 is 2.50 bits per heavy atom. The van der Waals surface area contributed by atoms with E-state index in [-0.39, 0.29) is 0 Å². The molecule has 3 aromatic rings. The van der Waals surface area contributed by atoms with Crippen LogP contribution in [0.25, 0.3) is 17.1 Å². The maximum Gasteiger partial charge on any atom is 0.196 e. The molecule has 110 valence electrons. The van der Waals surface area contributed by atoms with Crippen molar-refractivity contribution in [3.05, 3.63) is 66.5 Å². The molecule has 0 bridgehead atoms. The third kappa shape index (κ3) is 3.05. The molecule has 0 unspecified atom stereocenters. The van der Waals surface area contributed by atoms with Crippen molar-refractivity contribution >= 4 is 23.4 Å². The van der Waals surface area contributed by atoms with Crippen molar-refractivity contribution in [1.29, 1.82) is 0 Å². The number of halogens is 1. The van der Waals surface area contributed by atoms with Gasteiger partial charge in [0.2, 0.25) is 0 Å². The second kappa shape index (κ2) is 6.77. The Balaban J connectivity index is 2.13. The Morgan fingerprint density at radius 2 is 1.82 bits per heavy atom. The van der Waals surface area contributed by atoms with Crippen molar-refractivity contribution in [2.24, 2.45) is 0 Å². The number of rotatable bonds is 5. The first-order valence-corrected chi connectivity index (χ1v) is 8.01. The van der Waals surface area contributed by atoms with Gasteiger partial charge in [0.25, 0.3) is 0 Å². The van der Waals surface area contributed by atoms with Crippen LogP contribution in [-0.2, 0) is 0 Å². The monoisotopic (exact) mass is 328 g/mol. The van der Waals surface area contributed by atoms with Crippen molar-refractivity contribution in [3.8, 4) is 17.1 Å². The van der Waals surface area contributed by atoms with E-state index in [4.69, 9.17) is 11.6 Å². The lowest BCUT2D eigenvalue weighted by Crippen LogP contribution is -1.99. The van der Waals surface area contributed by atoms with Gasteiger partial charge in [0, 0.05) is 34.4 Å². The van der Waals surface area contributed by atoms with E-state index in [0.29, 0.717) is 5.02 Å². The van der Waals surface area contributed by atoms with Gasteiger partial charge in [-0.25, -0.2) is 0 Å². The smallest absolute Gasteiger partial charge is 0.196 e. The fraction of sp³-hybridized carbons (Fsp3) is 0.0625. The molecule has 0 atom stereocenters. The Hall–Kier alpha value is -2.11. The molecular formula is C16H13ClN4S. The molecule has 0 saturated carbocycles. The van der Waals surface area contributed by atoms with Gasteiger partial charge in [-0.05, 0) is 36.4 Å². The van der Waals surface area contributed by atoms with E-state index in [1.807, 2.05) is 47.0 Å². The molecule has 0 spiro atoms. The van der Waals surface area contributed by atoms with Gasteiger partial charge in [-0.15, -0.1) is 16.8 Å². The van der Waals surface area contributed by atoms with Crippen LogP contribution in [0.3, 0.4) is 0 Å². The van der Waals surface area contributed by atoms with Crippen LogP contribution in [0.2, 0.25) is 5.02 Å². The first kappa shape index (κ1) is 14.8. The fourth-order valence-corrected chi connectivity index (χ4v) is 2.82. The molecule has 2 heterocycles. The maximum absolute atomic E-state index is 5.99. The summed E-state index contributed by atoms with van der Waals surface area (Å²) >= 11 is 7.57. The highest BCUT2D eigenvalue weighted by Gasteiger charge is 2.15. The SMILES string of the molecule is C=CCSc1nnc(-c2ccncc2)n1-c1ccc(Cl)cc1. The topological polar surface area (TPSA) is 43.6 Å². The standard InChI is InChI=1S/C16H13ClN4S/c1-2-11-22-16-20-19-15(12-7-9-18-10-8-12)21(16)14-5-3-13(17)4-6-14/h2-10H,1,11H2. The zero-order valence-corrected chi connectivity index (χ0v) is 13.3. The van der Waals surface area contributed by atoms with Crippen LogP contribution in [0.4, 0.5) is 0 Å². The van der Waals surface area contributed by atoms with Gasteiger partial charge in [-0.2, -0.15) is 0 Å². The summed E-state index contributed by atoms with van der Waals surface area (Å²) in [5.74, 6) is 1.54. The molecule has 2 aromatic heterocycles. The molecule has 1 aromatic carbocycles. The predicted molar refractivity (Wildman–Crippen MR) is 90.5 cm³/mol. The fourth-order valence-electron chi connectivity index (χ4n) is 2.01. The minimum absolute atomic E-state index is 0.697. The number of hydrogen-bond acceptors (Lipinski definition) is 4. The summed E-state index contributed by atoms with van der Waals surface area (Å²) in [6, 6.07) is 11.4. The largest absolute Gasteiger partial charge is 0.270 e. The van der Waals surface area contributed by atoms with Crippen LogP contribution in [0.15, 0.2) is 66.6 Å². The Labute approximate surface area is 137 Å². The summed E-state index contributed by atoms with van der Waals surface area (Å²) in [7, 11) is 0. The molecule has 0 amide bonds. The summed E-state index contributed by atoms with van der Waals surface area (Å²) in [6.45, 7) is 3.75. The highest BCUT2D eigenvalue weighted by Crippen LogP contribution is 2.28. The highest BCUT2D eigenvalue weighted by molar-refractivity contribution is 7.99. The van der Waals surface area contributed by atoms with E-state index in [1.165, 1.54) is 0 Å². The average Bonchev–Trinajstić information content (AvgIpc) is 2.98. The summed E-state index contributed by atoms with van der Waals surface area (Å²) in [5.41, 5.74) is 1.93. The first-order chi connectivity index (χ1) is 10.8. The van der Waals surface area contributed by atoms with Gasteiger partial charge in [0.1, 0.15) is 0 Å². The molecule has 3 rings (SSSR count). The van der Waals surface area contributed by atoms with E-state index >= 15 is 0 Å². The third-order valence-electron chi connectivity index (χ3n) is 2.99. The Kier molecular flexibility index (Phi) is 4.56. The Bertz CT molecular complexity index is 769. The summed E-state index contributed by atoms with van der Waals surface area (Å²) < 4.78 is 2.01. The van der Waals surface area contributed by atoms with Gasteiger partial charge in [-0.1, -0.05) is 29.4 Å². The lowest BCUT2D eigenvalue weighted by molar-refractivity contribution is 0.887. The van der Waals surface area contributed by atoms with Gasteiger partial charge < -0.3 is 0 Å². The summed E-state index contributed by atoms with van der Waals surface area (Å²) in [5, 5.41) is 10.1. The Morgan fingerprint density at radius 1 is 1.09 bits per heavy atom. The minimum atomic E-state index is 0.697. The van der Waals surface area contributed by atoms with E-state index in [0.717, 1.165) is 28.0 Å². The molecular weight excluding hydrogens is 316 g/mol. The lowest BCUT2D eigenvalue weighted by atomic mass is 10.2. The number of pyridine rings is 1. The highest BCUT2D eigenvalue weighted by atomic mass is 35.5. The van der Waals surface area contributed by atoms with Crippen molar-refractivity contribution < 1.29 is 0 Å². The molecule has 0 aliphatic heterocycles. The van der Waals surface area contributed by atoms with Crippen molar-refractivity contribution in [3.63, 3.8) is 0 Å². The second-order valence-electron chi connectivity index (χ2n) is 4.45. The number of hydrogen-bond donors (Lipinski definition) is 0. The summed E-state index contributed by atoms with van der Waals surface area (Å²) in [6.07, 6.45) is 5.33. The number of aromatic nitrogens is 4. The van der Waals surface area contributed by atoms with Crippen LogP contribution in [-0.4, -0.2) is 25.5 Å². The van der Waals surface area contributed by atoms with Crippen molar-refractivity contribution in [2.75, 3.05) is 5.75 Å². The third-order valence-corrected chi connectivity index (χ3v) is 4.16. The zero-order chi connectivity index (χ0) is 15.4. The molecule has 6 heteroatoms. The second-order valence-corrected chi connectivity index (χ2v) is 5.88. The minimum Gasteiger partial charge on any atom is -0.270 e. The van der Waals surface area contributed by atoms with Crippen molar-refractivity contribution in [1.82, 2.24) is 19.7 Å². The summed E-state index contributed by atoms with van der Waals surface area (Å²) in [4.78, 5) is 4.05. The molecule has 0 aliphatic carbocycles. The first-order valence-electron chi connectivity index (χ1n) is 6.65. The molecule has 0 radical (unpaired) electrons. The van der Waals surface area contributed by atoms with Crippen LogP contribution < -0.4 is 0 Å². The van der Waals surface area contributed by atoms with Crippen LogP contribution in [0.5, 0.6) is 0 Å². The average molecular weight is 329 g/mol. The molecule has 0 saturated heterocycles. The van der Waals surface area contributed by atoms with Crippen LogP contribution in [0.1, 0.15) is 0 Å². The van der Waals surface area contributed by atoms with E-state index in [1.54, 1.807) is 24.2 Å². The van der Waals surface area contributed by atoms with E-state index < -0.39 is 0 Å². The molecule has 0 aliphatic rings. The van der Waals surface area contributed by atoms with Gasteiger partial charge in [-0.3, -0.25) is 9.55 Å². The maximum atomic E-state index is 5.99. The predicted octanol–water partition coefficient (Wildman–Crippen LogP) is 4.26. The number of nitrogens with zero attached hydrogens (tertiary/aromatic N) is 4. The molecule has 22 heavy (non-hydrogen) atoms. The van der Waals surface area contributed by atoms with Crippen molar-refractivity contribution in [2.45, 2.75) is 5.16 Å². The van der Waals surface area contributed by atoms with E-state index in [9.17, 15) is 0 Å². The number of thioether (sulfide) groups is 1. The van der Waals surface area contributed by atoms with Crippen LogP contribution >= 0.6 is 23.4 Å². The normalized spacial score (nSPS) is 10.6. The zero-order valence-electron chi connectivity index (χ0n) is 11.7. The van der Waals surface area contributed by atoms with Crippen LogP contribution in [0, 0.1) is 0 Å². The van der Waals surface area contributed by atoms with Gasteiger partial charge in [0.15, 0.2) is 11.0 Å². The quantitative estimate of drug-likeness (QED) is 0.518. The molecule has 0 N–H and O–H groups in total.